The Balaban J connectivity index is 1.49. The van der Waals surface area contributed by atoms with Gasteiger partial charge in [0.25, 0.3) is 0 Å². The summed E-state index contributed by atoms with van der Waals surface area (Å²) in [5.74, 6) is 0.208. The molecule has 3 amide bonds. The van der Waals surface area contributed by atoms with Crippen molar-refractivity contribution in [2.75, 3.05) is 19.7 Å². The van der Waals surface area contributed by atoms with Crippen LogP contribution >= 0.6 is 11.3 Å². The summed E-state index contributed by atoms with van der Waals surface area (Å²) in [5, 5.41) is 7.53. The topological polar surface area (TPSA) is 70.7 Å². The molecule has 0 bridgehead atoms. The van der Waals surface area contributed by atoms with Gasteiger partial charge in [0, 0.05) is 30.6 Å². The first kappa shape index (κ1) is 20.3. The Kier molecular flexibility index (Phi) is 7.67. The van der Waals surface area contributed by atoms with Gasteiger partial charge in [0.2, 0.25) is 5.91 Å². The van der Waals surface area contributed by atoms with Crippen LogP contribution in [-0.2, 0) is 16.1 Å². The zero-order valence-electron chi connectivity index (χ0n) is 16.1. The average molecular weight is 394 g/mol. The van der Waals surface area contributed by atoms with E-state index in [0.717, 1.165) is 38.7 Å². The SMILES string of the molecule is CC1CCCCC1NC(=O)NC(=O)CN(Cc1cccs1)CC1CCCO1. The number of urea groups is 1. The minimum atomic E-state index is -0.369. The van der Waals surface area contributed by atoms with E-state index in [1.165, 1.54) is 11.3 Å². The molecule has 2 aliphatic rings. The number of hydrogen-bond donors (Lipinski definition) is 2. The maximum Gasteiger partial charge on any atom is 0.321 e. The number of hydrogen-bond acceptors (Lipinski definition) is 5. The lowest BCUT2D eigenvalue weighted by molar-refractivity contribution is -0.121. The van der Waals surface area contributed by atoms with Crippen molar-refractivity contribution in [1.82, 2.24) is 15.5 Å². The predicted octanol–water partition coefficient (Wildman–Crippen LogP) is 3.13. The Labute approximate surface area is 165 Å². The van der Waals surface area contributed by atoms with Gasteiger partial charge in [-0.2, -0.15) is 0 Å². The highest BCUT2D eigenvalue weighted by molar-refractivity contribution is 7.09. The van der Waals surface area contributed by atoms with Gasteiger partial charge in [-0.3, -0.25) is 15.0 Å². The van der Waals surface area contributed by atoms with E-state index in [0.29, 0.717) is 19.0 Å². The molecular formula is C20H31N3O3S. The molecule has 0 spiro atoms. The van der Waals surface area contributed by atoms with E-state index in [4.69, 9.17) is 4.74 Å². The second kappa shape index (κ2) is 10.2. The Hall–Kier alpha value is -1.44. The number of ether oxygens (including phenoxy) is 1. The van der Waals surface area contributed by atoms with Gasteiger partial charge >= 0.3 is 6.03 Å². The molecule has 2 fully saturated rings. The molecule has 1 aliphatic heterocycles. The number of imide groups is 1. The summed E-state index contributed by atoms with van der Waals surface area (Å²) in [5.41, 5.74) is 0. The van der Waals surface area contributed by atoms with Gasteiger partial charge in [0.05, 0.1) is 12.6 Å². The number of nitrogens with one attached hydrogen (secondary N) is 2. The summed E-state index contributed by atoms with van der Waals surface area (Å²) < 4.78 is 5.73. The first-order valence-electron chi connectivity index (χ1n) is 10.1. The predicted molar refractivity (Wildman–Crippen MR) is 107 cm³/mol. The van der Waals surface area contributed by atoms with Crippen molar-refractivity contribution in [3.05, 3.63) is 22.4 Å². The molecule has 6 nitrogen and oxygen atoms in total. The Morgan fingerprint density at radius 1 is 1.26 bits per heavy atom. The smallest absolute Gasteiger partial charge is 0.321 e. The van der Waals surface area contributed by atoms with E-state index >= 15 is 0 Å². The summed E-state index contributed by atoms with van der Waals surface area (Å²) >= 11 is 1.68. The lowest BCUT2D eigenvalue weighted by Gasteiger charge is -2.29. The third kappa shape index (κ3) is 6.59. The van der Waals surface area contributed by atoms with E-state index in [1.807, 2.05) is 11.4 Å². The number of rotatable bonds is 7. The number of carbonyl (C=O) groups excluding carboxylic acids is 2. The minimum absolute atomic E-state index is 0.167. The lowest BCUT2D eigenvalue weighted by Crippen LogP contribution is -2.50. The third-order valence-corrected chi connectivity index (χ3v) is 6.35. The summed E-state index contributed by atoms with van der Waals surface area (Å²) in [6, 6.07) is 3.89. The third-order valence-electron chi connectivity index (χ3n) is 5.49. The first-order chi connectivity index (χ1) is 13.1. The van der Waals surface area contributed by atoms with Crippen molar-refractivity contribution in [3.63, 3.8) is 0 Å². The number of carbonyl (C=O) groups is 2. The van der Waals surface area contributed by atoms with E-state index < -0.39 is 0 Å². The van der Waals surface area contributed by atoms with Crippen LogP contribution in [0.4, 0.5) is 4.79 Å². The molecule has 2 heterocycles. The summed E-state index contributed by atoms with van der Waals surface area (Å²) in [6.45, 7) is 4.58. The number of nitrogens with zero attached hydrogens (tertiary/aromatic N) is 1. The molecule has 1 aliphatic carbocycles. The van der Waals surface area contributed by atoms with Crippen molar-refractivity contribution in [1.29, 1.82) is 0 Å². The van der Waals surface area contributed by atoms with E-state index in [-0.39, 0.29) is 30.6 Å². The van der Waals surface area contributed by atoms with Crippen LogP contribution in [0.3, 0.4) is 0 Å². The number of amides is 3. The molecule has 7 heteroatoms. The van der Waals surface area contributed by atoms with Crippen LogP contribution in [0, 0.1) is 5.92 Å². The van der Waals surface area contributed by atoms with Gasteiger partial charge < -0.3 is 10.1 Å². The van der Waals surface area contributed by atoms with Crippen LogP contribution in [0.2, 0.25) is 0 Å². The molecule has 1 aromatic rings. The Bertz CT molecular complexity index is 602. The fraction of sp³-hybridized carbons (Fsp3) is 0.700. The molecule has 1 aromatic heterocycles. The van der Waals surface area contributed by atoms with Gasteiger partial charge in [-0.15, -0.1) is 11.3 Å². The normalized spacial score (nSPS) is 25.5. The largest absolute Gasteiger partial charge is 0.377 e. The Morgan fingerprint density at radius 3 is 2.81 bits per heavy atom. The van der Waals surface area contributed by atoms with Gasteiger partial charge in [-0.25, -0.2) is 4.79 Å². The van der Waals surface area contributed by atoms with Crippen LogP contribution in [0.1, 0.15) is 50.3 Å². The maximum absolute atomic E-state index is 12.4. The maximum atomic E-state index is 12.4. The molecule has 3 atom stereocenters. The molecule has 0 aromatic carbocycles. The average Bonchev–Trinajstić information content (AvgIpc) is 3.31. The van der Waals surface area contributed by atoms with E-state index in [9.17, 15) is 9.59 Å². The lowest BCUT2D eigenvalue weighted by atomic mass is 9.86. The second-order valence-electron chi connectivity index (χ2n) is 7.77. The highest BCUT2D eigenvalue weighted by Gasteiger charge is 2.25. The molecule has 2 N–H and O–H groups in total. The number of thiophene rings is 1. The molecule has 150 valence electrons. The summed E-state index contributed by atoms with van der Waals surface area (Å²) in [7, 11) is 0. The second-order valence-corrected chi connectivity index (χ2v) is 8.81. The molecule has 1 saturated carbocycles. The monoisotopic (exact) mass is 393 g/mol. The van der Waals surface area contributed by atoms with Gasteiger partial charge in [-0.05, 0) is 43.0 Å². The van der Waals surface area contributed by atoms with Crippen LogP contribution < -0.4 is 10.6 Å². The van der Waals surface area contributed by atoms with Crippen molar-refractivity contribution < 1.29 is 14.3 Å². The molecule has 0 radical (unpaired) electrons. The van der Waals surface area contributed by atoms with Gasteiger partial charge in [0.15, 0.2) is 0 Å². The quantitative estimate of drug-likeness (QED) is 0.747. The molecular weight excluding hydrogens is 362 g/mol. The van der Waals surface area contributed by atoms with Crippen molar-refractivity contribution >= 4 is 23.3 Å². The molecule has 1 saturated heterocycles. The van der Waals surface area contributed by atoms with Crippen LogP contribution in [0.5, 0.6) is 0 Å². The zero-order chi connectivity index (χ0) is 19.1. The summed E-state index contributed by atoms with van der Waals surface area (Å²) in [4.78, 5) is 28.0. The Morgan fingerprint density at radius 2 is 2.11 bits per heavy atom. The standard InChI is InChI=1S/C20H31N3O3S/c1-15-6-2-3-9-18(15)21-20(25)22-19(24)14-23(12-16-7-4-10-26-16)13-17-8-5-11-27-17/h5,8,11,15-16,18H,2-4,6-7,9-10,12-14H2,1H3,(H2,21,22,24,25). The fourth-order valence-corrected chi connectivity index (χ4v) is 4.73. The van der Waals surface area contributed by atoms with E-state index in [1.54, 1.807) is 11.3 Å². The van der Waals surface area contributed by atoms with Crippen molar-refractivity contribution in [3.8, 4) is 0 Å². The molecule has 27 heavy (non-hydrogen) atoms. The van der Waals surface area contributed by atoms with Crippen molar-refractivity contribution in [2.24, 2.45) is 5.92 Å². The first-order valence-corrected chi connectivity index (χ1v) is 10.9. The van der Waals surface area contributed by atoms with Crippen molar-refractivity contribution in [2.45, 2.75) is 64.1 Å². The highest BCUT2D eigenvalue weighted by Crippen LogP contribution is 2.23. The molecule has 3 rings (SSSR count). The molecule has 3 unspecified atom stereocenters. The van der Waals surface area contributed by atoms with Crippen LogP contribution in [-0.4, -0.2) is 48.7 Å². The fourth-order valence-electron chi connectivity index (χ4n) is 3.99. The highest BCUT2D eigenvalue weighted by atomic mass is 32.1. The van der Waals surface area contributed by atoms with Gasteiger partial charge in [0.1, 0.15) is 0 Å². The minimum Gasteiger partial charge on any atom is -0.377 e. The van der Waals surface area contributed by atoms with Crippen LogP contribution in [0.15, 0.2) is 17.5 Å². The van der Waals surface area contributed by atoms with Crippen LogP contribution in [0.25, 0.3) is 0 Å². The summed E-state index contributed by atoms with van der Waals surface area (Å²) in [6.07, 6.45) is 6.77. The van der Waals surface area contributed by atoms with E-state index in [2.05, 4.69) is 28.5 Å². The van der Waals surface area contributed by atoms with Gasteiger partial charge in [-0.1, -0.05) is 25.8 Å². The zero-order valence-corrected chi connectivity index (χ0v) is 16.9.